The van der Waals surface area contributed by atoms with Gasteiger partial charge in [-0.15, -0.1) is 5.10 Å². The Labute approximate surface area is 159 Å². The van der Waals surface area contributed by atoms with Gasteiger partial charge in [-0.05, 0) is 37.1 Å². The molecule has 1 aliphatic carbocycles. The molecule has 1 aliphatic rings. The molecule has 1 saturated carbocycles. The molecule has 8 nitrogen and oxygen atoms in total. The molecule has 28 heavy (non-hydrogen) atoms. The van der Waals surface area contributed by atoms with E-state index in [2.05, 4.69) is 10.4 Å². The second kappa shape index (κ2) is 6.56. The SMILES string of the molecule is O=C(NCCn1nc(-c2ccco2)n(C2CC2)c1=O)c1cc2ccccc2o1. The quantitative estimate of drug-likeness (QED) is 0.557. The maximum Gasteiger partial charge on any atom is 0.346 e. The highest BCUT2D eigenvalue weighted by Gasteiger charge is 2.31. The summed E-state index contributed by atoms with van der Waals surface area (Å²) in [6, 6.07) is 12.9. The molecule has 1 N–H and O–H groups in total. The number of amides is 1. The Kier molecular flexibility index (Phi) is 3.89. The molecule has 8 heteroatoms. The Hall–Kier alpha value is -3.55. The summed E-state index contributed by atoms with van der Waals surface area (Å²) in [5, 5.41) is 8.07. The molecular weight excluding hydrogens is 360 g/mol. The second-order valence-electron chi connectivity index (χ2n) is 6.81. The first-order valence-corrected chi connectivity index (χ1v) is 9.21. The molecule has 142 valence electrons. The number of rotatable bonds is 6. The minimum Gasteiger partial charge on any atom is -0.461 e. The van der Waals surface area contributed by atoms with Crippen LogP contribution in [0.15, 0.2) is 62.4 Å². The summed E-state index contributed by atoms with van der Waals surface area (Å²) in [5.41, 5.74) is 0.474. The van der Waals surface area contributed by atoms with Gasteiger partial charge in [0.1, 0.15) is 5.58 Å². The average Bonchev–Trinajstić information content (AvgIpc) is 3.11. The molecule has 0 unspecified atom stereocenters. The van der Waals surface area contributed by atoms with E-state index in [1.807, 2.05) is 24.3 Å². The van der Waals surface area contributed by atoms with Gasteiger partial charge in [0.05, 0.1) is 12.8 Å². The number of benzene rings is 1. The summed E-state index contributed by atoms with van der Waals surface area (Å²) in [6.07, 6.45) is 3.48. The second-order valence-corrected chi connectivity index (χ2v) is 6.81. The van der Waals surface area contributed by atoms with Crippen LogP contribution >= 0.6 is 0 Å². The van der Waals surface area contributed by atoms with Crippen molar-refractivity contribution in [3.63, 3.8) is 0 Å². The van der Waals surface area contributed by atoms with Gasteiger partial charge in [-0.25, -0.2) is 9.48 Å². The maximum atomic E-state index is 12.7. The average molecular weight is 378 g/mol. The third kappa shape index (κ3) is 2.92. The molecule has 1 fully saturated rings. The normalized spacial score (nSPS) is 13.9. The lowest BCUT2D eigenvalue weighted by atomic mass is 10.2. The lowest BCUT2D eigenvalue weighted by Gasteiger charge is -2.02. The van der Waals surface area contributed by atoms with E-state index in [0.29, 0.717) is 17.2 Å². The van der Waals surface area contributed by atoms with Gasteiger partial charge in [0.15, 0.2) is 11.5 Å². The lowest BCUT2D eigenvalue weighted by Crippen LogP contribution is -2.32. The predicted molar refractivity (Wildman–Crippen MR) is 101 cm³/mol. The van der Waals surface area contributed by atoms with Crippen molar-refractivity contribution < 1.29 is 13.6 Å². The van der Waals surface area contributed by atoms with E-state index in [-0.39, 0.29) is 36.5 Å². The largest absolute Gasteiger partial charge is 0.461 e. The van der Waals surface area contributed by atoms with Crippen molar-refractivity contribution in [2.45, 2.75) is 25.4 Å². The Morgan fingerprint density at radius 1 is 1.21 bits per heavy atom. The van der Waals surface area contributed by atoms with Crippen molar-refractivity contribution in [2.24, 2.45) is 0 Å². The highest BCUT2D eigenvalue weighted by Crippen LogP contribution is 2.36. The van der Waals surface area contributed by atoms with Crippen LogP contribution in [0, 0.1) is 0 Å². The Morgan fingerprint density at radius 3 is 2.82 bits per heavy atom. The smallest absolute Gasteiger partial charge is 0.346 e. The van der Waals surface area contributed by atoms with E-state index in [9.17, 15) is 9.59 Å². The number of para-hydroxylation sites is 1. The number of hydrogen-bond donors (Lipinski definition) is 1. The number of carbonyl (C=O) groups excluding carboxylic acids is 1. The fourth-order valence-electron chi connectivity index (χ4n) is 3.26. The first-order valence-electron chi connectivity index (χ1n) is 9.21. The number of nitrogens with zero attached hydrogens (tertiary/aromatic N) is 3. The summed E-state index contributed by atoms with van der Waals surface area (Å²) in [4.78, 5) is 25.1. The zero-order valence-electron chi connectivity index (χ0n) is 15.0. The van der Waals surface area contributed by atoms with Gasteiger partial charge in [-0.3, -0.25) is 9.36 Å². The van der Waals surface area contributed by atoms with Gasteiger partial charge in [-0.1, -0.05) is 18.2 Å². The van der Waals surface area contributed by atoms with Crippen molar-refractivity contribution in [2.75, 3.05) is 6.54 Å². The van der Waals surface area contributed by atoms with Gasteiger partial charge in [0, 0.05) is 18.0 Å². The van der Waals surface area contributed by atoms with E-state index in [0.717, 1.165) is 18.2 Å². The minimum atomic E-state index is -0.322. The predicted octanol–water partition coefficient (Wildman–Crippen LogP) is 2.82. The monoisotopic (exact) mass is 378 g/mol. The molecule has 0 spiro atoms. The molecular formula is C20H18N4O4. The number of furan rings is 2. The van der Waals surface area contributed by atoms with Crippen LogP contribution in [0.1, 0.15) is 29.4 Å². The van der Waals surface area contributed by atoms with Gasteiger partial charge < -0.3 is 14.2 Å². The van der Waals surface area contributed by atoms with Crippen molar-refractivity contribution in [3.05, 3.63) is 65.0 Å². The van der Waals surface area contributed by atoms with Gasteiger partial charge >= 0.3 is 5.69 Å². The zero-order chi connectivity index (χ0) is 19.1. The highest BCUT2D eigenvalue weighted by atomic mass is 16.3. The van der Waals surface area contributed by atoms with Gasteiger partial charge in [0.25, 0.3) is 5.91 Å². The summed E-state index contributed by atoms with van der Waals surface area (Å²) < 4.78 is 14.0. The topological polar surface area (TPSA) is 95.2 Å². The van der Waals surface area contributed by atoms with E-state index in [1.165, 1.54) is 4.68 Å². The molecule has 0 aliphatic heterocycles. The Morgan fingerprint density at radius 2 is 2.07 bits per heavy atom. The van der Waals surface area contributed by atoms with Crippen LogP contribution in [0.5, 0.6) is 0 Å². The van der Waals surface area contributed by atoms with Crippen LogP contribution in [0.25, 0.3) is 22.6 Å². The maximum absolute atomic E-state index is 12.7. The number of fused-ring (bicyclic) bond motifs is 1. The fourth-order valence-corrected chi connectivity index (χ4v) is 3.26. The van der Waals surface area contributed by atoms with Crippen LogP contribution in [0.3, 0.4) is 0 Å². The molecule has 4 aromatic rings. The lowest BCUT2D eigenvalue weighted by molar-refractivity contribution is 0.0926. The number of aromatic nitrogens is 3. The van der Waals surface area contributed by atoms with Crippen molar-refractivity contribution >= 4 is 16.9 Å². The van der Waals surface area contributed by atoms with E-state index >= 15 is 0 Å². The number of hydrogen-bond acceptors (Lipinski definition) is 5. The summed E-state index contributed by atoms with van der Waals surface area (Å²) in [5.74, 6) is 1.01. The van der Waals surface area contributed by atoms with Crippen molar-refractivity contribution in [1.82, 2.24) is 19.7 Å². The van der Waals surface area contributed by atoms with Gasteiger partial charge in [-0.2, -0.15) is 0 Å². The van der Waals surface area contributed by atoms with E-state index in [4.69, 9.17) is 8.83 Å². The number of nitrogens with one attached hydrogen (secondary N) is 1. The first kappa shape index (κ1) is 16.6. The van der Waals surface area contributed by atoms with Crippen molar-refractivity contribution in [1.29, 1.82) is 0 Å². The molecule has 1 amide bonds. The van der Waals surface area contributed by atoms with E-state index in [1.54, 1.807) is 29.0 Å². The fraction of sp³-hybridized carbons (Fsp3) is 0.250. The summed E-state index contributed by atoms with van der Waals surface area (Å²) >= 11 is 0. The van der Waals surface area contributed by atoms with Crippen LogP contribution < -0.4 is 11.0 Å². The summed E-state index contributed by atoms with van der Waals surface area (Å²) in [6.45, 7) is 0.521. The molecule has 1 aromatic carbocycles. The number of carbonyl (C=O) groups is 1. The molecule has 0 bridgehead atoms. The molecule has 3 heterocycles. The van der Waals surface area contributed by atoms with Crippen molar-refractivity contribution in [3.8, 4) is 11.6 Å². The molecule has 3 aromatic heterocycles. The van der Waals surface area contributed by atoms with Crippen LogP contribution in [0.4, 0.5) is 0 Å². The highest BCUT2D eigenvalue weighted by molar-refractivity contribution is 5.96. The third-order valence-corrected chi connectivity index (χ3v) is 4.78. The molecule has 0 atom stereocenters. The van der Waals surface area contributed by atoms with Crippen LogP contribution in [-0.4, -0.2) is 26.8 Å². The van der Waals surface area contributed by atoms with Crippen LogP contribution in [-0.2, 0) is 6.54 Å². The molecule has 0 saturated heterocycles. The Balaban J connectivity index is 1.31. The standard InChI is InChI=1S/C20H18N4O4/c25-19(17-12-13-4-1-2-5-15(13)28-17)21-9-10-23-20(26)24(14-7-8-14)18(22-23)16-6-3-11-27-16/h1-6,11-12,14H,7-10H2,(H,21,25). The summed E-state index contributed by atoms with van der Waals surface area (Å²) in [7, 11) is 0. The van der Waals surface area contributed by atoms with Gasteiger partial charge in [0.2, 0.25) is 5.82 Å². The zero-order valence-corrected chi connectivity index (χ0v) is 15.0. The van der Waals surface area contributed by atoms with E-state index < -0.39 is 0 Å². The molecule has 0 radical (unpaired) electrons. The Bertz CT molecular complexity index is 1160. The minimum absolute atomic E-state index is 0.173. The molecule has 5 rings (SSSR count). The third-order valence-electron chi connectivity index (χ3n) is 4.78. The van der Waals surface area contributed by atoms with Crippen LogP contribution in [0.2, 0.25) is 0 Å². The first-order chi connectivity index (χ1) is 13.7.